The third-order valence-electron chi connectivity index (χ3n) is 4.33. The van der Waals surface area contributed by atoms with Crippen molar-refractivity contribution < 1.29 is 32.6 Å². The lowest BCUT2D eigenvalue weighted by molar-refractivity contribution is -0.123. The average Bonchev–Trinajstić information content (AvgIpc) is 2.61. The molecular formula is C18H22F2N2O5. The third kappa shape index (κ3) is 6.84. The van der Waals surface area contributed by atoms with Crippen LogP contribution in [0, 0.1) is 5.92 Å². The number of halogens is 2. The number of imide groups is 1. The number of amides is 3. The maximum absolute atomic E-state index is 12.1. The molecule has 1 aliphatic rings. The maximum Gasteiger partial charge on any atom is 0.387 e. The van der Waals surface area contributed by atoms with Gasteiger partial charge in [-0.05, 0) is 43.0 Å². The van der Waals surface area contributed by atoms with E-state index in [1.165, 1.54) is 24.3 Å². The maximum atomic E-state index is 12.1. The number of carbonyl (C=O) groups excluding carboxylic acids is 3. The Morgan fingerprint density at radius 3 is 2.44 bits per heavy atom. The topological polar surface area (TPSA) is 93.7 Å². The van der Waals surface area contributed by atoms with Crippen LogP contribution in [-0.4, -0.2) is 37.2 Å². The zero-order valence-electron chi connectivity index (χ0n) is 14.9. The van der Waals surface area contributed by atoms with E-state index in [4.69, 9.17) is 4.74 Å². The number of hydrogen-bond donors (Lipinski definition) is 2. The zero-order valence-corrected chi connectivity index (χ0v) is 14.9. The first-order valence-electron chi connectivity index (χ1n) is 8.67. The molecular weight excluding hydrogens is 362 g/mol. The Hall–Kier alpha value is -2.71. The van der Waals surface area contributed by atoms with E-state index in [9.17, 15) is 23.2 Å². The Morgan fingerprint density at radius 1 is 1.15 bits per heavy atom. The molecule has 0 unspecified atom stereocenters. The van der Waals surface area contributed by atoms with E-state index in [0.717, 1.165) is 25.7 Å². The summed E-state index contributed by atoms with van der Waals surface area (Å²) < 4.78 is 33.1. The van der Waals surface area contributed by atoms with Crippen LogP contribution in [0.4, 0.5) is 13.6 Å². The SMILES string of the molecule is C[C@@H]1CCCC[C@@H]1NC(=O)NC(=O)COC(=O)c1ccc(OC(F)F)cc1. The molecule has 1 aromatic rings. The molecule has 1 fully saturated rings. The van der Waals surface area contributed by atoms with Crippen molar-refractivity contribution in [2.75, 3.05) is 6.61 Å². The molecule has 0 aromatic heterocycles. The fraction of sp³-hybridized carbons (Fsp3) is 0.500. The predicted octanol–water partition coefficient (Wildman–Crippen LogP) is 2.85. The Labute approximate surface area is 155 Å². The van der Waals surface area contributed by atoms with Crippen molar-refractivity contribution in [1.29, 1.82) is 0 Å². The molecule has 0 bridgehead atoms. The Kier molecular flexibility index (Phi) is 7.51. The molecule has 0 radical (unpaired) electrons. The fourth-order valence-corrected chi connectivity index (χ4v) is 2.88. The molecule has 27 heavy (non-hydrogen) atoms. The van der Waals surface area contributed by atoms with Crippen LogP contribution >= 0.6 is 0 Å². The Morgan fingerprint density at radius 2 is 1.81 bits per heavy atom. The predicted molar refractivity (Wildman–Crippen MR) is 91.5 cm³/mol. The minimum atomic E-state index is -2.96. The molecule has 1 saturated carbocycles. The van der Waals surface area contributed by atoms with Crippen molar-refractivity contribution in [3.8, 4) is 5.75 Å². The van der Waals surface area contributed by atoms with Gasteiger partial charge in [0.05, 0.1) is 5.56 Å². The zero-order chi connectivity index (χ0) is 19.8. The highest BCUT2D eigenvalue weighted by Gasteiger charge is 2.23. The summed E-state index contributed by atoms with van der Waals surface area (Å²) in [4.78, 5) is 35.4. The number of nitrogens with one attached hydrogen (secondary N) is 2. The van der Waals surface area contributed by atoms with Crippen LogP contribution in [0.1, 0.15) is 43.0 Å². The summed E-state index contributed by atoms with van der Waals surface area (Å²) in [6, 6.07) is 4.22. The van der Waals surface area contributed by atoms with Crippen LogP contribution in [-0.2, 0) is 9.53 Å². The van der Waals surface area contributed by atoms with Crippen molar-refractivity contribution in [2.24, 2.45) is 5.92 Å². The number of benzene rings is 1. The molecule has 0 aliphatic heterocycles. The van der Waals surface area contributed by atoms with Gasteiger partial charge in [-0.2, -0.15) is 8.78 Å². The van der Waals surface area contributed by atoms with Crippen LogP contribution in [0.3, 0.4) is 0 Å². The van der Waals surface area contributed by atoms with Crippen molar-refractivity contribution in [3.63, 3.8) is 0 Å². The van der Waals surface area contributed by atoms with Crippen molar-refractivity contribution >= 4 is 17.9 Å². The van der Waals surface area contributed by atoms with E-state index in [2.05, 4.69) is 15.4 Å². The molecule has 1 aromatic carbocycles. The van der Waals surface area contributed by atoms with Gasteiger partial charge < -0.3 is 14.8 Å². The summed E-state index contributed by atoms with van der Waals surface area (Å²) in [6.07, 6.45) is 4.05. The van der Waals surface area contributed by atoms with Gasteiger partial charge in [-0.3, -0.25) is 10.1 Å². The lowest BCUT2D eigenvalue weighted by atomic mass is 9.86. The first-order valence-corrected chi connectivity index (χ1v) is 8.67. The van der Waals surface area contributed by atoms with Gasteiger partial charge in [0.25, 0.3) is 5.91 Å². The fourth-order valence-electron chi connectivity index (χ4n) is 2.88. The van der Waals surface area contributed by atoms with Crippen LogP contribution in [0.5, 0.6) is 5.75 Å². The minimum Gasteiger partial charge on any atom is -0.452 e. The van der Waals surface area contributed by atoms with E-state index in [-0.39, 0.29) is 17.4 Å². The highest BCUT2D eigenvalue weighted by molar-refractivity contribution is 5.97. The van der Waals surface area contributed by atoms with E-state index in [0.29, 0.717) is 5.92 Å². The van der Waals surface area contributed by atoms with Gasteiger partial charge in [-0.25, -0.2) is 9.59 Å². The van der Waals surface area contributed by atoms with Crippen molar-refractivity contribution in [1.82, 2.24) is 10.6 Å². The van der Waals surface area contributed by atoms with Gasteiger partial charge in [0, 0.05) is 6.04 Å². The number of alkyl halides is 2. The van der Waals surface area contributed by atoms with Crippen LogP contribution in [0.2, 0.25) is 0 Å². The van der Waals surface area contributed by atoms with Crippen molar-refractivity contribution in [3.05, 3.63) is 29.8 Å². The molecule has 9 heteroatoms. The number of ether oxygens (including phenoxy) is 2. The smallest absolute Gasteiger partial charge is 0.387 e. The lowest BCUT2D eigenvalue weighted by Gasteiger charge is -2.29. The van der Waals surface area contributed by atoms with Gasteiger partial charge in [-0.1, -0.05) is 19.8 Å². The second-order valence-corrected chi connectivity index (χ2v) is 6.37. The summed E-state index contributed by atoms with van der Waals surface area (Å²) >= 11 is 0. The second kappa shape index (κ2) is 9.84. The Balaban J connectivity index is 1.74. The first kappa shape index (κ1) is 20.6. The van der Waals surface area contributed by atoms with E-state index < -0.39 is 31.1 Å². The quantitative estimate of drug-likeness (QED) is 0.736. The first-order chi connectivity index (χ1) is 12.8. The highest BCUT2D eigenvalue weighted by atomic mass is 19.3. The van der Waals surface area contributed by atoms with E-state index in [1.807, 2.05) is 6.92 Å². The van der Waals surface area contributed by atoms with Crippen LogP contribution in [0.15, 0.2) is 24.3 Å². The molecule has 2 rings (SSSR count). The number of carbonyl (C=O) groups is 3. The Bertz CT molecular complexity index is 666. The minimum absolute atomic E-state index is 0.0167. The normalized spacial score (nSPS) is 19.3. The summed E-state index contributed by atoms with van der Waals surface area (Å²) in [5.41, 5.74) is 0.0601. The monoisotopic (exact) mass is 384 g/mol. The van der Waals surface area contributed by atoms with Crippen molar-refractivity contribution in [2.45, 2.75) is 45.3 Å². The molecule has 3 amide bonds. The lowest BCUT2D eigenvalue weighted by Crippen LogP contribution is -2.48. The summed E-state index contributed by atoms with van der Waals surface area (Å²) in [5, 5.41) is 4.87. The standard InChI is InChI=1S/C18H22F2N2O5/c1-11-4-2-3-5-14(11)21-18(25)22-15(23)10-26-16(24)12-6-8-13(9-7-12)27-17(19)20/h6-9,11,14,17H,2-5,10H2,1H3,(H2,21,22,23,25)/t11-,14+/m1/s1. The van der Waals surface area contributed by atoms with Crippen LogP contribution in [0.25, 0.3) is 0 Å². The van der Waals surface area contributed by atoms with E-state index in [1.54, 1.807) is 0 Å². The molecule has 2 atom stereocenters. The number of urea groups is 1. The van der Waals surface area contributed by atoms with Gasteiger partial charge in [0.15, 0.2) is 6.61 Å². The molecule has 0 spiro atoms. The second-order valence-electron chi connectivity index (χ2n) is 6.37. The number of rotatable bonds is 6. The molecule has 2 N–H and O–H groups in total. The molecule has 0 heterocycles. The molecule has 1 aliphatic carbocycles. The number of esters is 1. The van der Waals surface area contributed by atoms with Gasteiger partial charge in [-0.15, -0.1) is 0 Å². The average molecular weight is 384 g/mol. The third-order valence-corrected chi connectivity index (χ3v) is 4.33. The van der Waals surface area contributed by atoms with E-state index >= 15 is 0 Å². The van der Waals surface area contributed by atoms with Gasteiger partial charge in [0.1, 0.15) is 5.75 Å². The largest absolute Gasteiger partial charge is 0.452 e. The molecule has 0 saturated heterocycles. The van der Waals surface area contributed by atoms with Gasteiger partial charge in [0.2, 0.25) is 0 Å². The summed E-state index contributed by atoms with van der Waals surface area (Å²) in [7, 11) is 0. The molecule has 148 valence electrons. The summed E-state index contributed by atoms with van der Waals surface area (Å²) in [5.74, 6) is -1.35. The van der Waals surface area contributed by atoms with Gasteiger partial charge >= 0.3 is 18.6 Å². The summed E-state index contributed by atoms with van der Waals surface area (Å²) in [6.45, 7) is -1.55. The van der Waals surface area contributed by atoms with Crippen LogP contribution < -0.4 is 15.4 Å². The highest BCUT2D eigenvalue weighted by Crippen LogP contribution is 2.23. The molecule has 7 nitrogen and oxygen atoms in total. The number of hydrogen-bond acceptors (Lipinski definition) is 5.